The third-order valence-electron chi connectivity index (χ3n) is 6.58. The Morgan fingerprint density at radius 1 is 1.06 bits per heavy atom. The van der Waals surface area contributed by atoms with Crippen LogP contribution in [0.4, 0.5) is 4.39 Å². The second-order valence-corrected chi connectivity index (χ2v) is 9.19. The number of halogens is 1. The molecule has 1 fully saturated rings. The number of nitrogens with one attached hydrogen (secondary N) is 2. The fourth-order valence-electron chi connectivity index (χ4n) is 4.59. The molecule has 3 amide bonds. The lowest BCUT2D eigenvalue weighted by molar-refractivity contribution is -0.133. The molecule has 0 spiro atoms. The Hall–Kier alpha value is -4.01. The molecule has 1 aromatic heterocycles. The number of fused-ring (bicyclic) bond motifs is 1. The third kappa shape index (κ3) is 4.29. The van der Waals surface area contributed by atoms with Gasteiger partial charge in [-0.25, -0.2) is 9.37 Å². The molecule has 180 valence electrons. The molecule has 0 radical (unpaired) electrons. The first-order valence-electron chi connectivity index (χ1n) is 11.6. The van der Waals surface area contributed by atoms with Crippen LogP contribution < -0.4 is 10.6 Å². The van der Waals surface area contributed by atoms with E-state index in [1.165, 1.54) is 12.4 Å². The van der Waals surface area contributed by atoms with Crippen LogP contribution in [0.3, 0.4) is 0 Å². The van der Waals surface area contributed by atoms with Gasteiger partial charge in [-0.3, -0.25) is 14.4 Å². The maximum absolute atomic E-state index is 13.9. The minimum Gasteiger partial charge on any atom is -0.350 e. The van der Waals surface area contributed by atoms with Gasteiger partial charge in [-0.1, -0.05) is 48.5 Å². The van der Waals surface area contributed by atoms with Gasteiger partial charge in [0.15, 0.2) is 5.69 Å². The number of aromatic nitrogens is 2. The van der Waals surface area contributed by atoms with E-state index in [4.69, 9.17) is 0 Å². The Kier molecular flexibility index (Phi) is 5.84. The Morgan fingerprint density at radius 2 is 1.77 bits per heavy atom. The molecule has 3 aromatic rings. The average molecular weight is 476 g/mol. The van der Waals surface area contributed by atoms with Gasteiger partial charge in [-0.2, -0.15) is 0 Å². The molecule has 0 bridgehead atoms. The Bertz CT molecular complexity index is 1290. The van der Waals surface area contributed by atoms with Crippen LogP contribution in [0.2, 0.25) is 0 Å². The first kappa shape index (κ1) is 22.8. The topological polar surface area (TPSA) is 96.3 Å². The van der Waals surface area contributed by atoms with Crippen LogP contribution >= 0.6 is 0 Å². The standard InChI is InChI=1S/C26H26FN5O3/c1-26(25(35)29-13-17-7-3-2-4-8-17)15-31-16-30-21(22(31)24(34)32(26)19-11-12-19)23(33)28-14-18-9-5-6-10-20(18)27/h2-10,16,19H,11-15H2,1H3,(H,28,33)(H,29,35). The summed E-state index contributed by atoms with van der Waals surface area (Å²) >= 11 is 0. The van der Waals surface area contributed by atoms with Gasteiger partial charge in [0.05, 0.1) is 12.9 Å². The largest absolute Gasteiger partial charge is 0.350 e. The van der Waals surface area contributed by atoms with Crippen molar-refractivity contribution in [1.82, 2.24) is 25.1 Å². The second kappa shape index (κ2) is 8.98. The van der Waals surface area contributed by atoms with E-state index in [-0.39, 0.29) is 36.4 Å². The number of carbonyl (C=O) groups is 3. The number of benzene rings is 2. The Balaban J connectivity index is 1.37. The van der Waals surface area contributed by atoms with Crippen molar-refractivity contribution in [3.8, 4) is 0 Å². The number of amides is 3. The summed E-state index contributed by atoms with van der Waals surface area (Å²) in [5.74, 6) is -1.65. The Morgan fingerprint density at radius 3 is 2.49 bits per heavy atom. The van der Waals surface area contributed by atoms with Crippen molar-refractivity contribution in [2.75, 3.05) is 0 Å². The highest BCUT2D eigenvalue weighted by Crippen LogP contribution is 2.38. The number of carbonyl (C=O) groups excluding carboxylic acids is 3. The maximum atomic E-state index is 13.9. The summed E-state index contributed by atoms with van der Waals surface area (Å²) in [7, 11) is 0. The van der Waals surface area contributed by atoms with Crippen molar-refractivity contribution >= 4 is 17.7 Å². The predicted octanol–water partition coefficient (Wildman–Crippen LogP) is 2.65. The van der Waals surface area contributed by atoms with Crippen LogP contribution in [0, 0.1) is 5.82 Å². The molecule has 2 aromatic carbocycles. The summed E-state index contributed by atoms with van der Waals surface area (Å²) in [6.45, 7) is 2.25. The number of hydrogen-bond donors (Lipinski definition) is 2. The van der Waals surface area contributed by atoms with Crippen molar-refractivity contribution in [1.29, 1.82) is 0 Å². The monoisotopic (exact) mass is 475 g/mol. The Labute approximate surface area is 202 Å². The lowest BCUT2D eigenvalue weighted by Crippen LogP contribution is -2.64. The van der Waals surface area contributed by atoms with Crippen molar-refractivity contribution in [2.24, 2.45) is 0 Å². The zero-order valence-electron chi connectivity index (χ0n) is 19.3. The van der Waals surface area contributed by atoms with Gasteiger partial charge >= 0.3 is 0 Å². The smallest absolute Gasteiger partial charge is 0.274 e. The molecule has 2 aliphatic rings. The lowest BCUT2D eigenvalue weighted by atomic mass is 9.93. The van der Waals surface area contributed by atoms with Gasteiger partial charge in [-0.05, 0) is 31.4 Å². The van der Waals surface area contributed by atoms with Crippen LogP contribution in [0.15, 0.2) is 60.9 Å². The van der Waals surface area contributed by atoms with Crippen molar-refractivity contribution in [3.63, 3.8) is 0 Å². The number of rotatable bonds is 7. The summed E-state index contributed by atoms with van der Waals surface area (Å²) < 4.78 is 15.5. The van der Waals surface area contributed by atoms with E-state index in [1.54, 1.807) is 34.6 Å². The zero-order chi connectivity index (χ0) is 24.6. The van der Waals surface area contributed by atoms with Crippen LogP contribution in [0.5, 0.6) is 0 Å². The molecule has 1 aliphatic heterocycles. The molecule has 35 heavy (non-hydrogen) atoms. The van der Waals surface area contributed by atoms with Gasteiger partial charge in [0.1, 0.15) is 17.1 Å². The number of hydrogen-bond acceptors (Lipinski definition) is 4. The molecule has 9 heteroatoms. The van der Waals surface area contributed by atoms with E-state index in [0.29, 0.717) is 12.1 Å². The summed E-state index contributed by atoms with van der Waals surface area (Å²) in [4.78, 5) is 45.7. The summed E-state index contributed by atoms with van der Waals surface area (Å²) in [6.07, 6.45) is 3.02. The quantitative estimate of drug-likeness (QED) is 0.549. The van der Waals surface area contributed by atoms with Crippen LogP contribution in [-0.4, -0.2) is 43.8 Å². The van der Waals surface area contributed by atoms with E-state index >= 15 is 0 Å². The average Bonchev–Trinajstić information content (AvgIpc) is 3.60. The van der Waals surface area contributed by atoms with E-state index < -0.39 is 23.2 Å². The third-order valence-corrected chi connectivity index (χ3v) is 6.58. The summed E-state index contributed by atoms with van der Waals surface area (Å²) in [5.41, 5.74) is 0.297. The van der Waals surface area contributed by atoms with Crippen molar-refractivity contribution in [3.05, 3.63) is 89.3 Å². The van der Waals surface area contributed by atoms with Crippen molar-refractivity contribution in [2.45, 2.75) is 51.0 Å². The first-order valence-corrected chi connectivity index (χ1v) is 11.6. The van der Waals surface area contributed by atoms with Gasteiger partial charge in [0, 0.05) is 24.7 Å². The highest BCUT2D eigenvalue weighted by molar-refractivity contribution is 6.07. The van der Waals surface area contributed by atoms with Gasteiger partial charge in [-0.15, -0.1) is 0 Å². The first-order chi connectivity index (χ1) is 16.9. The maximum Gasteiger partial charge on any atom is 0.274 e. The molecular weight excluding hydrogens is 449 g/mol. The lowest BCUT2D eigenvalue weighted by Gasteiger charge is -2.44. The molecule has 1 aliphatic carbocycles. The fourth-order valence-corrected chi connectivity index (χ4v) is 4.59. The van der Waals surface area contributed by atoms with Crippen LogP contribution in [-0.2, 0) is 24.4 Å². The van der Waals surface area contributed by atoms with Gasteiger partial charge in [0.25, 0.3) is 11.8 Å². The summed E-state index contributed by atoms with van der Waals surface area (Å²) in [5, 5.41) is 5.61. The molecule has 1 atom stereocenters. The van der Waals surface area contributed by atoms with E-state index in [2.05, 4.69) is 15.6 Å². The van der Waals surface area contributed by atoms with E-state index in [1.807, 2.05) is 30.3 Å². The predicted molar refractivity (Wildman–Crippen MR) is 126 cm³/mol. The number of imidazole rings is 1. The highest BCUT2D eigenvalue weighted by Gasteiger charge is 2.53. The molecule has 2 heterocycles. The zero-order valence-corrected chi connectivity index (χ0v) is 19.3. The van der Waals surface area contributed by atoms with E-state index in [9.17, 15) is 18.8 Å². The SMILES string of the molecule is CC1(C(=O)NCc2ccccc2)Cn2cnc(C(=O)NCc3ccccc3F)c2C(=O)N1C1CC1. The van der Waals surface area contributed by atoms with Gasteiger partial charge < -0.3 is 20.1 Å². The fraction of sp³-hybridized carbons (Fsp3) is 0.308. The molecule has 0 saturated heterocycles. The van der Waals surface area contributed by atoms with Crippen LogP contribution in [0.1, 0.15) is 51.9 Å². The van der Waals surface area contributed by atoms with E-state index in [0.717, 1.165) is 18.4 Å². The van der Waals surface area contributed by atoms with Crippen molar-refractivity contribution < 1.29 is 18.8 Å². The number of nitrogens with zero attached hydrogens (tertiary/aromatic N) is 3. The molecule has 8 nitrogen and oxygen atoms in total. The molecular formula is C26H26FN5O3. The molecule has 1 unspecified atom stereocenters. The summed E-state index contributed by atoms with van der Waals surface area (Å²) in [6, 6.07) is 15.7. The second-order valence-electron chi connectivity index (χ2n) is 9.19. The van der Waals surface area contributed by atoms with Gasteiger partial charge in [0.2, 0.25) is 5.91 Å². The minimum atomic E-state index is -1.12. The molecule has 2 N–H and O–H groups in total. The molecule has 5 rings (SSSR count). The molecule has 1 saturated carbocycles. The highest BCUT2D eigenvalue weighted by atomic mass is 19.1. The normalized spacial score (nSPS) is 19.3. The van der Waals surface area contributed by atoms with Crippen LogP contribution in [0.25, 0.3) is 0 Å². The minimum absolute atomic E-state index is 0.0243.